The molecule has 3 aromatic rings. The summed E-state index contributed by atoms with van der Waals surface area (Å²) < 4.78 is 47.7. The van der Waals surface area contributed by atoms with Crippen molar-refractivity contribution in [2.24, 2.45) is 0 Å². The predicted octanol–water partition coefficient (Wildman–Crippen LogP) is 4.18. The number of rotatable bonds is 9. The number of pyridine rings is 1. The molecule has 3 atom stereocenters. The van der Waals surface area contributed by atoms with Gasteiger partial charge in [-0.3, -0.25) is 9.69 Å². The van der Waals surface area contributed by atoms with E-state index in [1.165, 1.54) is 18.7 Å². The minimum Gasteiger partial charge on any atom is -0.495 e. The highest BCUT2D eigenvalue weighted by molar-refractivity contribution is 8.00. The lowest BCUT2D eigenvalue weighted by molar-refractivity contribution is -0.0327. The number of aliphatic hydroxyl groups excluding tert-OH is 1. The molecule has 2 bridgehead atoms. The van der Waals surface area contributed by atoms with Crippen LogP contribution in [-0.2, 0) is 0 Å². The molecule has 1 aromatic carbocycles. The van der Waals surface area contributed by atoms with Crippen LogP contribution in [0.3, 0.4) is 0 Å². The van der Waals surface area contributed by atoms with Gasteiger partial charge in [-0.1, -0.05) is 12.0 Å². The molecule has 1 amide bonds. The van der Waals surface area contributed by atoms with Crippen LogP contribution in [0, 0.1) is 11.8 Å². The summed E-state index contributed by atoms with van der Waals surface area (Å²) in [4.78, 5) is 14.3. The van der Waals surface area contributed by atoms with Gasteiger partial charge in [-0.15, -0.1) is 0 Å². The number of amides is 1. The van der Waals surface area contributed by atoms with Gasteiger partial charge in [-0.2, -0.15) is 18.3 Å². The van der Waals surface area contributed by atoms with Crippen molar-refractivity contribution in [3.8, 4) is 17.6 Å². The van der Waals surface area contributed by atoms with Crippen LogP contribution in [0.1, 0.15) is 41.7 Å². The van der Waals surface area contributed by atoms with E-state index >= 15 is 0 Å². The number of methoxy groups -OCH3 is 1. The van der Waals surface area contributed by atoms with E-state index in [0.29, 0.717) is 40.9 Å². The standard InChI is InChI=1S/C29H33F3N6O3S/c1-33-28(40)18-8-13-25(41-2)22(17-18)34-14-4-5-21-27(42-29(30,31)32)24-6-3-7-26(38(24)36-21)35-20-11-9-19-10-12-23(20)37(19)15-16-39/h3,6-8,13,17,19-20,23,34-35,39H,9-12,14-16H2,1-2H3,(H,33,40)/t19-,20-,23-/m1/s1. The zero-order valence-electron chi connectivity index (χ0n) is 23.3. The van der Waals surface area contributed by atoms with Crippen LogP contribution < -0.4 is 20.7 Å². The highest BCUT2D eigenvalue weighted by atomic mass is 32.2. The van der Waals surface area contributed by atoms with Crippen molar-refractivity contribution in [3.63, 3.8) is 0 Å². The molecule has 4 N–H and O–H groups in total. The maximum Gasteiger partial charge on any atom is 0.446 e. The number of aliphatic hydroxyl groups is 1. The third-order valence-electron chi connectivity index (χ3n) is 7.75. The molecule has 2 aromatic heterocycles. The Morgan fingerprint density at radius 3 is 2.76 bits per heavy atom. The summed E-state index contributed by atoms with van der Waals surface area (Å²) >= 11 is -0.229. The molecule has 0 radical (unpaired) electrons. The highest BCUT2D eigenvalue weighted by Gasteiger charge is 2.42. The fourth-order valence-electron chi connectivity index (χ4n) is 5.95. The molecule has 0 spiro atoms. The number of carbonyl (C=O) groups excluding carboxylic acids is 1. The molecule has 4 heterocycles. The lowest BCUT2D eigenvalue weighted by atomic mass is 9.97. The number of benzene rings is 1. The van der Waals surface area contributed by atoms with E-state index in [1.807, 2.05) is 6.07 Å². The summed E-state index contributed by atoms with van der Waals surface area (Å²) in [6.07, 6.45) is 4.02. The molecule has 5 rings (SSSR count). The molecule has 0 aliphatic carbocycles. The van der Waals surface area contributed by atoms with Crippen LogP contribution in [0.5, 0.6) is 5.75 Å². The average Bonchev–Trinajstić information content (AvgIpc) is 3.45. The number of anilines is 2. The number of ether oxygens (including phenoxy) is 1. The van der Waals surface area contributed by atoms with Gasteiger partial charge in [0.15, 0.2) is 0 Å². The van der Waals surface area contributed by atoms with Crippen LogP contribution in [0.2, 0.25) is 0 Å². The zero-order chi connectivity index (χ0) is 29.9. The van der Waals surface area contributed by atoms with Crippen molar-refractivity contribution in [2.45, 2.75) is 54.2 Å². The molecule has 0 saturated carbocycles. The summed E-state index contributed by atoms with van der Waals surface area (Å²) in [5, 5.41) is 23.2. The quantitative estimate of drug-likeness (QED) is 0.214. The maximum absolute atomic E-state index is 13.6. The Bertz CT molecular complexity index is 1500. The second-order valence-electron chi connectivity index (χ2n) is 10.2. The van der Waals surface area contributed by atoms with Gasteiger partial charge in [0.05, 0.1) is 36.4 Å². The number of thioether (sulfide) groups is 1. The summed E-state index contributed by atoms with van der Waals surface area (Å²) in [5.41, 5.74) is -3.25. The van der Waals surface area contributed by atoms with Gasteiger partial charge in [0.1, 0.15) is 17.3 Å². The summed E-state index contributed by atoms with van der Waals surface area (Å²) in [6.45, 7) is 0.783. The Hall–Kier alpha value is -3.60. The van der Waals surface area contributed by atoms with Crippen molar-refractivity contribution in [2.75, 3.05) is 44.5 Å². The second kappa shape index (κ2) is 12.7. The lowest BCUT2D eigenvalue weighted by Crippen LogP contribution is -2.51. The molecule has 0 unspecified atom stereocenters. The van der Waals surface area contributed by atoms with E-state index in [0.717, 1.165) is 25.7 Å². The highest BCUT2D eigenvalue weighted by Crippen LogP contribution is 2.42. The molecular formula is C29H33F3N6O3S. The van der Waals surface area contributed by atoms with Gasteiger partial charge in [-0.05, 0) is 73.7 Å². The molecular weight excluding hydrogens is 569 g/mol. The minimum atomic E-state index is -4.53. The number of hydrogen-bond acceptors (Lipinski definition) is 8. The van der Waals surface area contributed by atoms with Gasteiger partial charge >= 0.3 is 5.51 Å². The molecule has 2 fully saturated rings. The lowest BCUT2D eigenvalue weighted by Gasteiger charge is -2.40. The van der Waals surface area contributed by atoms with Crippen molar-refractivity contribution < 1.29 is 27.8 Å². The first-order valence-corrected chi connectivity index (χ1v) is 14.6. The Kier molecular flexibility index (Phi) is 9.05. The fraction of sp³-hybridized carbons (Fsp3) is 0.448. The molecule has 224 valence electrons. The fourth-order valence-corrected chi connectivity index (χ4v) is 6.63. The van der Waals surface area contributed by atoms with Crippen LogP contribution in [0.15, 0.2) is 41.3 Å². The zero-order valence-corrected chi connectivity index (χ0v) is 24.1. The molecule has 2 saturated heterocycles. The van der Waals surface area contributed by atoms with E-state index in [4.69, 9.17) is 4.74 Å². The number of alkyl halides is 3. The molecule has 13 heteroatoms. The Labute approximate surface area is 246 Å². The van der Waals surface area contributed by atoms with E-state index < -0.39 is 5.51 Å². The Morgan fingerprint density at radius 2 is 2.02 bits per heavy atom. The topological polar surface area (TPSA) is 103 Å². The number of nitrogens with zero attached hydrogens (tertiary/aromatic N) is 3. The maximum atomic E-state index is 13.6. The van der Waals surface area contributed by atoms with Crippen LogP contribution in [0.25, 0.3) is 5.52 Å². The van der Waals surface area contributed by atoms with Gasteiger partial charge in [0.25, 0.3) is 5.91 Å². The first-order valence-electron chi connectivity index (χ1n) is 13.8. The summed E-state index contributed by atoms with van der Waals surface area (Å²) in [6, 6.07) is 10.8. The second-order valence-corrected chi connectivity index (χ2v) is 11.2. The number of halogens is 3. The molecule has 2 aliphatic heterocycles. The summed E-state index contributed by atoms with van der Waals surface area (Å²) in [7, 11) is 3.03. The van der Waals surface area contributed by atoms with Crippen LogP contribution in [-0.4, -0.2) is 83.0 Å². The number of nitrogens with one attached hydrogen (secondary N) is 3. The van der Waals surface area contributed by atoms with Gasteiger partial charge < -0.3 is 25.8 Å². The normalized spacial score (nSPS) is 20.2. The number of aromatic nitrogens is 2. The molecule has 9 nitrogen and oxygen atoms in total. The van der Waals surface area contributed by atoms with E-state index in [1.54, 1.807) is 30.3 Å². The SMILES string of the molecule is CNC(=O)c1ccc(OC)c(NCC#Cc2nn3c(N[C@@H]4CC[C@@H]5CC[C@H]4N5CCO)cccc3c2SC(F)(F)F)c1. The van der Waals surface area contributed by atoms with Crippen molar-refractivity contribution >= 4 is 34.7 Å². The smallest absolute Gasteiger partial charge is 0.446 e. The third-order valence-corrected chi connectivity index (χ3v) is 8.59. The summed E-state index contributed by atoms with van der Waals surface area (Å²) in [5.74, 6) is 6.51. The monoisotopic (exact) mass is 602 g/mol. The number of fused-ring (bicyclic) bond motifs is 3. The van der Waals surface area contributed by atoms with Crippen molar-refractivity contribution in [1.29, 1.82) is 0 Å². The van der Waals surface area contributed by atoms with Crippen molar-refractivity contribution in [1.82, 2.24) is 19.8 Å². The molecule has 42 heavy (non-hydrogen) atoms. The Morgan fingerprint density at radius 1 is 1.21 bits per heavy atom. The van der Waals surface area contributed by atoms with Crippen molar-refractivity contribution in [3.05, 3.63) is 47.7 Å². The van der Waals surface area contributed by atoms with Gasteiger partial charge in [0.2, 0.25) is 0 Å². The van der Waals surface area contributed by atoms with E-state index in [-0.39, 0.29) is 53.5 Å². The Balaban J connectivity index is 1.41. The van der Waals surface area contributed by atoms with Gasteiger partial charge in [-0.25, -0.2) is 4.52 Å². The van der Waals surface area contributed by atoms with Crippen LogP contribution in [0.4, 0.5) is 24.7 Å². The first kappa shape index (κ1) is 29.9. The van der Waals surface area contributed by atoms with E-state index in [9.17, 15) is 23.1 Å². The molecule has 2 aliphatic rings. The largest absolute Gasteiger partial charge is 0.495 e. The first-order chi connectivity index (χ1) is 20.2. The predicted molar refractivity (Wildman–Crippen MR) is 156 cm³/mol. The van der Waals surface area contributed by atoms with Gasteiger partial charge in [0, 0.05) is 37.3 Å². The third kappa shape index (κ3) is 6.40. The minimum absolute atomic E-state index is 0.0194. The number of piperidine rings is 1. The number of carbonyl (C=O) groups is 1. The number of hydrogen-bond donors (Lipinski definition) is 4. The van der Waals surface area contributed by atoms with E-state index in [2.05, 4.69) is 37.8 Å². The average molecular weight is 603 g/mol. The van der Waals surface area contributed by atoms with Crippen LogP contribution >= 0.6 is 11.8 Å².